The average Bonchev–Trinajstić information content (AvgIpc) is 2.86. The molecular formula is C21H19N3O3S. The monoisotopic (exact) mass is 393 g/mol. The van der Waals surface area contributed by atoms with Crippen LogP contribution in [0.25, 0.3) is 0 Å². The lowest BCUT2D eigenvalue weighted by atomic mass is 10.1. The molecular weight excluding hydrogens is 374 g/mol. The third-order valence-corrected chi connectivity index (χ3v) is 5.88. The van der Waals surface area contributed by atoms with Crippen molar-refractivity contribution in [2.75, 3.05) is 5.32 Å². The van der Waals surface area contributed by atoms with E-state index >= 15 is 0 Å². The number of nitriles is 2. The summed E-state index contributed by atoms with van der Waals surface area (Å²) in [6.07, 6.45) is 4.05. The molecule has 1 aromatic heterocycles. The first-order valence-corrected chi connectivity index (χ1v) is 9.91. The van der Waals surface area contributed by atoms with E-state index in [2.05, 4.69) is 11.4 Å². The zero-order chi connectivity index (χ0) is 20.1. The lowest BCUT2D eigenvalue weighted by Gasteiger charge is -2.13. The Kier molecular flexibility index (Phi) is 6.08. The Morgan fingerprint density at radius 2 is 1.82 bits per heavy atom. The van der Waals surface area contributed by atoms with Gasteiger partial charge in [0.15, 0.2) is 6.10 Å². The van der Waals surface area contributed by atoms with Crippen LogP contribution in [0.1, 0.15) is 58.1 Å². The van der Waals surface area contributed by atoms with Crippen LogP contribution in [0, 0.1) is 22.7 Å². The zero-order valence-corrected chi connectivity index (χ0v) is 16.3. The van der Waals surface area contributed by atoms with Crippen LogP contribution in [0.3, 0.4) is 0 Å². The van der Waals surface area contributed by atoms with E-state index in [0.29, 0.717) is 16.1 Å². The number of anilines is 1. The summed E-state index contributed by atoms with van der Waals surface area (Å²) in [6.45, 7) is 1.49. The van der Waals surface area contributed by atoms with E-state index in [0.717, 1.165) is 42.5 Å². The number of nitrogens with one attached hydrogen (secondary N) is 1. The number of aryl methyl sites for hydroxylation is 1. The Morgan fingerprint density at radius 3 is 2.50 bits per heavy atom. The fourth-order valence-electron chi connectivity index (χ4n) is 3.13. The highest BCUT2D eigenvalue weighted by Gasteiger charge is 2.24. The lowest BCUT2D eigenvalue weighted by molar-refractivity contribution is -0.123. The minimum atomic E-state index is -1.02. The normalized spacial score (nSPS) is 14.0. The molecule has 0 saturated carbocycles. The van der Waals surface area contributed by atoms with Crippen molar-refractivity contribution in [2.24, 2.45) is 0 Å². The highest BCUT2D eigenvalue weighted by molar-refractivity contribution is 7.16. The van der Waals surface area contributed by atoms with Gasteiger partial charge < -0.3 is 10.1 Å². The first-order chi connectivity index (χ1) is 13.5. The molecule has 1 unspecified atom stereocenters. The minimum absolute atomic E-state index is 0.263. The molecule has 0 fully saturated rings. The summed E-state index contributed by atoms with van der Waals surface area (Å²) in [5.41, 5.74) is 2.27. The largest absolute Gasteiger partial charge is 0.449 e. The highest BCUT2D eigenvalue weighted by atomic mass is 32.1. The molecule has 1 aliphatic rings. The van der Waals surface area contributed by atoms with E-state index in [9.17, 15) is 14.9 Å². The number of fused-ring (bicyclic) bond motifs is 1. The van der Waals surface area contributed by atoms with Crippen molar-refractivity contribution in [1.29, 1.82) is 10.5 Å². The van der Waals surface area contributed by atoms with Gasteiger partial charge >= 0.3 is 5.97 Å². The van der Waals surface area contributed by atoms with Crippen LogP contribution in [0.2, 0.25) is 0 Å². The summed E-state index contributed by atoms with van der Waals surface area (Å²) < 4.78 is 5.23. The van der Waals surface area contributed by atoms with Crippen LogP contribution in [0.5, 0.6) is 0 Å². The summed E-state index contributed by atoms with van der Waals surface area (Å²) >= 11 is 1.44. The molecule has 1 amide bonds. The van der Waals surface area contributed by atoms with E-state index in [1.807, 2.05) is 6.07 Å². The number of ether oxygens (including phenoxy) is 1. The summed E-state index contributed by atoms with van der Waals surface area (Å²) in [6, 6.07) is 10.2. The zero-order valence-electron chi connectivity index (χ0n) is 15.4. The van der Waals surface area contributed by atoms with Crippen molar-refractivity contribution in [2.45, 2.75) is 45.1 Å². The maximum Gasteiger partial charge on any atom is 0.338 e. The Labute approximate surface area is 167 Å². The second-order valence-corrected chi connectivity index (χ2v) is 7.71. The van der Waals surface area contributed by atoms with E-state index in [-0.39, 0.29) is 5.56 Å². The molecule has 0 radical (unpaired) electrons. The number of carbonyl (C=O) groups is 2. The van der Waals surface area contributed by atoms with Crippen LogP contribution < -0.4 is 5.32 Å². The van der Waals surface area contributed by atoms with E-state index < -0.39 is 18.0 Å². The van der Waals surface area contributed by atoms with Gasteiger partial charge in [0, 0.05) is 4.88 Å². The molecule has 2 aromatic rings. The molecule has 28 heavy (non-hydrogen) atoms. The smallest absolute Gasteiger partial charge is 0.338 e. The molecule has 1 heterocycles. The number of thiophene rings is 1. The van der Waals surface area contributed by atoms with Gasteiger partial charge in [0.2, 0.25) is 0 Å². The van der Waals surface area contributed by atoms with Crippen molar-refractivity contribution in [3.8, 4) is 12.1 Å². The quantitative estimate of drug-likeness (QED) is 0.626. The molecule has 1 aromatic carbocycles. The average molecular weight is 393 g/mol. The molecule has 0 aliphatic heterocycles. The van der Waals surface area contributed by atoms with Gasteiger partial charge in [-0.2, -0.15) is 10.5 Å². The number of hydrogen-bond acceptors (Lipinski definition) is 6. The van der Waals surface area contributed by atoms with Gasteiger partial charge in [-0.25, -0.2) is 4.79 Å². The predicted octanol–water partition coefficient (Wildman–Crippen LogP) is 3.94. The van der Waals surface area contributed by atoms with Crippen LogP contribution in [-0.2, 0) is 22.4 Å². The molecule has 3 rings (SSSR count). The predicted molar refractivity (Wildman–Crippen MR) is 105 cm³/mol. The van der Waals surface area contributed by atoms with Crippen molar-refractivity contribution in [3.63, 3.8) is 0 Å². The number of benzene rings is 1. The molecule has 0 saturated heterocycles. The van der Waals surface area contributed by atoms with Gasteiger partial charge in [-0.1, -0.05) is 6.42 Å². The third kappa shape index (κ3) is 4.21. The highest BCUT2D eigenvalue weighted by Crippen LogP contribution is 2.37. The molecule has 6 nitrogen and oxygen atoms in total. The number of nitrogens with zero attached hydrogens (tertiary/aromatic N) is 2. The summed E-state index contributed by atoms with van der Waals surface area (Å²) in [5.74, 6) is -1.12. The first kappa shape index (κ1) is 19.6. The van der Waals surface area contributed by atoms with Gasteiger partial charge in [-0.3, -0.25) is 4.79 Å². The maximum absolute atomic E-state index is 12.5. The molecule has 1 aliphatic carbocycles. The summed E-state index contributed by atoms with van der Waals surface area (Å²) in [4.78, 5) is 25.9. The fraction of sp³-hybridized carbons (Fsp3) is 0.333. The van der Waals surface area contributed by atoms with Crippen LogP contribution in [0.4, 0.5) is 5.00 Å². The van der Waals surface area contributed by atoms with Crippen LogP contribution in [-0.4, -0.2) is 18.0 Å². The molecule has 0 spiro atoms. The standard InChI is InChI=1S/C21H19N3O3S/c1-13(27-21(26)15-9-7-14(11-22)8-10-15)19(25)24-20-17(12-23)16-5-3-2-4-6-18(16)28-20/h7-10,13H,2-6H2,1H3,(H,24,25). The van der Waals surface area contributed by atoms with Crippen molar-refractivity contribution in [1.82, 2.24) is 0 Å². The van der Waals surface area contributed by atoms with Crippen LogP contribution >= 0.6 is 11.3 Å². The van der Waals surface area contributed by atoms with E-state index in [1.54, 1.807) is 0 Å². The summed E-state index contributed by atoms with van der Waals surface area (Å²) in [7, 11) is 0. The fourth-order valence-corrected chi connectivity index (χ4v) is 4.37. The Bertz CT molecular complexity index is 980. The summed E-state index contributed by atoms with van der Waals surface area (Å²) in [5, 5.41) is 21.6. The number of carbonyl (C=O) groups excluding carboxylic acids is 2. The number of esters is 1. The number of amides is 1. The van der Waals surface area contributed by atoms with Gasteiger partial charge in [-0.15, -0.1) is 11.3 Å². The Balaban J connectivity index is 1.68. The Hall–Kier alpha value is -3.16. The molecule has 7 heteroatoms. The van der Waals surface area contributed by atoms with Crippen molar-refractivity contribution in [3.05, 3.63) is 51.4 Å². The van der Waals surface area contributed by atoms with Crippen LogP contribution in [0.15, 0.2) is 24.3 Å². The second kappa shape index (κ2) is 8.69. The van der Waals surface area contributed by atoms with Gasteiger partial charge in [0.25, 0.3) is 5.91 Å². The first-order valence-electron chi connectivity index (χ1n) is 9.10. The van der Waals surface area contributed by atoms with E-state index in [4.69, 9.17) is 10.00 Å². The van der Waals surface area contributed by atoms with Crippen molar-refractivity contribution >= 4 is 28.2 Å². The van der Waals surface area contributed by atoms with E-state index in [1.165, 1.54) is 42.5 Å². The topological polar surface area (TPSA) is 103 Å². The number of hydrogen-bond donors (Lipinski definition) is 1. The SMILES string of the molecule is CC(OC(=O)c1ccc(C#N)cc1)C(=O)Nc1sc2c(c1C#N)CCCCC2. The maximum atomic E-state index is 12.5. The van der Waals surface area contributed by atoms with Gasteiger partial charge in [0.05, 0.1) is 22.8 Å². The third-order valence-electron chi connectivity index (χ3n) is 4.67. The van der Waals surface area contributed by atoms with Gasteiger partial charge in [-0.05, 0) is 62.4 Å². The number of rotatable bonds is 4. The second-order valence-electron chi connectivity index (χ2n) is 6.61. The van der Waals surface area contributed by atoms with Gasteiger partial charge in [0.1, 0.15) is 11.1 Å². The minimum Gasteiger partial charge on any atom is -0.449 e. The van der Waals surface area contributed by atoms with Crippen molar-refractivity contribution < 1.29 is 14.3 Å². The molecule has 1 atom stereocenters. The molecule has 0 bridgehead atoms. The Morgan fingerprint density at radius 1 is 1.11 bits per heavy atom. The molecule has 1 N–H and O–H groups in total. The molecule has 142 valence electrons. The lowest BCUT2D eigenvalue weighted by Crippen LogP contribution is -2.30.